The van der Waals surface area contributed by atoms with Crippen LogP contribution in [0.2, 0.25) is 0 Å². The van der Waals surface area contributed by atoms with Crippen LogP contribution in [0.25, 0.3) is 44.4 Å². The van der Waals surface area contributed by atoms with Gasteiger partial charge in [0.2, 0.25) is 0 Å². The molecule has 0 unspecified atom stereocenters. The zero-order chi connectivity index (χ0) is 34.2. The number of carbonyl (C=O) groups excluding carboxylic acids is 1. The molecule has 3 aromatic carbocycles. The van der Waals surface area contributed by atoms with E-state index < -0.39 is 0 Å². The number of rotatable bonds is 10. The Hall–Kier alpha value is -3.92. The van der Waals surface area contributed by atoms with Crippen molar-refractivity contribution < 1.29 is 30.0 Å². The average Bonchev–Trinajstić information content (AvgIpc) is 3.12. The van der Waals surface area contributed by atoms with Crippen LogP contribution < -0.4 is 0 Å². The van der Waals surface area contributed by atoms with Crippen molar-refractivity contribution in [2.24, 2.45) is 11.8 Å². The van der Waals surface area contributed by atoms with Crippen molar-refractivity contribution in [3.63, 3.8) is 0 Å². The molecule has 49 heavy (non-hydrogen) atoms. The van der Waals surface area contributed by atoms with Crippen molar-refractivity contribution in [3.8, 4) is 33.6 Å². The Morgan fingerprint density at radius 1 is 0.816 bits per heavy atom. The van der Waals surface area contributed by atoms with Gasteiger partial charge in [0, 0.05) is 66.7 Å². The third-order valence-corrected chi connectivity index (χ3v) is 9.74. The zero-order valence-electron chi connectivity index (χ0n) is 29.7. The summed E-state index contributed by atoms with van der Waals surface area (Å²) in [4.78, 5) is 21.6. The first-order valence-electron chi connectivity index (χ1n) is 17.7. The summed E-state index contributed by atoms with van der Waals surface area (Å²) in [5.41, 5.74) is 10.5. The normalized spacial score (nSPS) is 12.3. The number of aliphatic hydroxyl groups is 1. The molecule has 0 saturated heterocycles. The number of ketones is 1. The van der Waals surface area contributed by atoms with E-state index >= 15 is 0 Å². The van der Waals surface area contributed by atoms with Gasteiger partial charge < -0.3 is 5.11 Å². The van der Waals surface area contributed by atoms with Crippen LogP contribution in [0.4, 0.5) is 0 Å². The van der Waals surface area contributed by atoms with E-state index in [-0.39, 0.29) is 43.5 Å². The predicted octanol–water partition coefficient (Wildman–Crippen LogP) is 11.5. The van der Waals surface area contributed by atoms with Crippen molar-refractivity contribution in [1.82, 2.24) is 9.97 Å². The number of benzene rings is 3. The van der Waals surface area contributed by atoms with E-state index in [4.69, 9.17) is 9.97 Å². The van der Waals surface area contributed by atoms with E-state index in [0.29, 0.717) is 5.92 Å². The Bertz CT molecular complexity index is 1890. The molecule has 0 spiro atoms. The first-order chi connectivity index (χ1) is 23.3. The van der Waals surface area contributed by atoms with Crippen LogP contribution in [-0.4, -0.2) is 20.9 Å². The van der Waals surface area contributed by atoms with Crippen molar-refractivity contribution in [1.29, 1.82) is 0 Å². The minimum atomic E-state index is 0. The second-order valence-corrected chi connectivity index (χ2v) is 13.1. The Labute approximate surface area is 306 Å². The van der Waals surface area contributed by atoms with Crippen LogP contribution in [0, 0.1) is 17.9 Å². The molecule has 5 aromatic rings. The summed E-state index contributed by atoms with van der Waals surface area (Å²) in [6.07, 6.45) is 8.88. The minimum absolute atomic E-state index is 0. The number of nitrogens with zero attached hydrogens (tertiary/aromatic N) is 2. The van der Waals surface area contributed by atoms with Gasteiger partial charge in [0.1, 0.15) is 0 Å². The summed E-state index contributed by atoms with van der Waals surface area (Å²) in [6.45, 7) is 12.6. The SMILES string of the molecule is CC(C)c1cc(-c2cc3c(cn2)CCc2nc(-c4ccccc4)ccc2-3)[c-]c2ccccc12.CCC(CC)C(=O)/C=C(\O)C(CC)CC.[Ir]. The fourth-order valence-corrected chi connectivity index (χ4v) is 6.69. The first-order valence-corrected chi connectivity index (χ1v) is 17.7. The van der Waals surface area contributed by atoms with Gasteiger partial charge >= 0.3 is 0 Å². The quantitative estimate of drug-likeness (QED) is 0.0865. The number of carbonyl (C=O) groups is 1. The molecule has 6 rings (SSSR count). The number of allylic oxidation sites excluding steroid dienone is 2. The fourth-order valence-electron chi connectivity index (χ4n) is 6.69. The summed E-state index contributed by atoms with van der Waals surface area (Å²) < 4.78 is 0. The molecule has 4 nitrogen and oxygen atoms in total. The van der Waals surface area contributed by atoms with Gasteiger partial charge in [-0.05, 0) is 61.6 Å². The van der Waals surface area contributed by atoms with Crippen molar-refractivity contribution in [2.75, 3.05) is 0 Å². The van der Waals surface area contributed by atoms with E-state index in [1.165, 1.54) is 39.4 Å². The van der Waals surface area contributed by atoms with Gasteiger partial charge in [0.25, 0.3) is 0 Å². The number of fused-ring (bicyclic) bond motifs is 4. The minimum Gasteiger partial charge on any atom is -0.512 e. The summed E-state index contributed by atoms with van der Waals surface area (Å²) >= 11 is 0. The predicted molar refractivity (Wildman–Crippen MR) is 200 cm³/mol. The second kappa shape index (κ2) is 17.6. The number of pyridine rings is 2. The molecule has 0 aliphatic heterocycles. The largest absolute Gasteiger partial charge is 0.512 e. The van der Waals surface area contributed by atoms with Crippen LogP contribution >= 0.6 is 0 Å². The summed E-state index contributed by atoms with van der Waals surface area (Å²) in [5.74, 6) is 0.980. The number of hydrogen-bond donors (Lipinski definition) is 1. The van der Waals surface area contributed by atoms with Gasteiger partial charge in [-0.25, -0.2) is 0 Å². The standard InChI is InChI=1S/C31H25N2.C13H24O2.Ir/c1-20(2)27-17-24(16-22-10-6-7-11-25(22)27)31-18-28-23(19-32-31)12-14-30-26(28)13-15-29(33-30)21-8-4-3-5-9-21;1-5-10(6-2)12(14)9-13(15)11(7-3)8-4;/h3-11,13,15,17-20H,12,14H2,1-2H3;9-11,14H,5-8H2,1-4H3;/q-1;;/b;12-9-;. The molecule has 0 bridgehead atoms. The molecule has 0 amide bonds. The topological polar surface area (TPSA) is 63.1 Å². The van der Waals surface area contributed by atoms with Crippen LogP contribution in [0.1, 0.15) is 90.0 Å². The maximum atomic E-state index is 11.7. The van der Waals surface area contributed by atoms with Crippen LogP contribution in [0.5, 0.6) is 0 Å². The second-order valence-electron chi connectivity index (χ2n) is 13.1. The molecule has 0 fully saturated rings. The molecule has 2 heterocycles. The number of hydrogen-bond acceptors (Lipinski definition) is 4. The Balaban J connectivity index is 0.000000290. The molecule has 0 saturated carbocycles. The Morgan fingerprint density at radius 2 is 1.49 bits per heavy atom. The number of aryl methyl sites for hydroxylation is 2. The molecule has 2 aromatic heterocycles. The molecule has 1 N–H and O–H groups in total. The number of aromatic nitrogens is 2. The van der Waals surface area contributed by atoms with E-state index in [9.17, 15) is 9.90 Å². The van der Waals surface area contributed by atoms with Crippen molar-refractivity contribution in [3.05, 3.63) is 120 Å². The summed E-state index contributed by atoms with van der Waals surface area (Å²) in [6, 6.07) is 31.4. The summed E-state index contributed by atoms with van der Waals surface area (Å²) in [7, 11) is 0. The fraction of sp³-hybridized carbons (Fsp3) is 0.341. The van der Waals surface area contributed by atoms with E-state index in [1.807, 2.05) is 33.8 Å². The van der Waals surface area contributed by atoms with Crippen LogP contribution in [0.15, 0.2) is 96.9 Å². The van der Waals surface area contributed by atoms with Gasteiger partial charge in [-0.15, -0.1) is 29.1 Å². The monoisotopic (exact) mass is 830 g/mol. The van der Waals surface area contributed by atoms with Gasteiger partial charge in [0.05, 0.1) is 11.5 Å². The third kappa shape index (κ3) is 8.82. The molecule has 1 radical (unpaired) electrons. The van der Waals surface area contributed by atoms with Crippen LogP contribution in [-0.2, 0) is 37.7 Å². The zero-order valence-corrected chi connectivity index (χ0v) is 32.1. The molecular weight excluding hydrogens is 781 g/mol. The van der Waals surface area contributed by atoms with Gasteiger partial charge in [0.15, 0.2) is 5.78 Å². The van der Waals surface area contributed by atoms with Crippen molar-refractivity contribution >= 4 is 16.6 Å². The molecular formula is C44H49IrN2O2-. The average molecular weight is 830 g/mol. The smallest absolute Gasteiger partial charge is 0.162 e. The first kappa shape index (κ1) is 37.9. The van der Waals surface area contributed by atoms with Gasteiger partial charge in [-0.1, -0.05) is 113 Å². The summed E-state index contributed by atoms with van der Waals surface area (Å²) in [5, 5.41) is 12.2. The van der Waals surface area contributed by atoms with E-state index in [1.54, 1.807) is 0 Å². The van der Waals surface area contributed by atoms with Gasteiger partial charge in [-0.2, -0.15) is 0 Å². The van der Waals surface area contributed by atoms with E-state index in [0.717, 1.165) is 66.4 Å². The Morgan fingerprint density at radius 3 is 2.16 bits per heavy atom. The molecule has 0 atom stereocenters. The number of aliphatic hydroxyl groups excluding tert-OH is 1. The Kier molecular flexibility index (Phi) is 13.6. The molecule has 5 heteroatoms. The maximum absolute atomic E-state index is 11.7. The van der Waals surface area contributed by atoms with E-state index in [2.05, 4.69) is 98.9 Å². The van der Waals surface area contributed by atoms with Crippen molar-refractivity contribution in [2.45, 2.75) is 86.0 Å². The molecule has 257 valence electrons. The maximum Gasteiger partial charge on any atom is 0.162 e. The van der Waals surface area contributed by atoms with Crippen LogP contribution in [0.3, 0.4) is 0 Å². The molecule has 1 aliphatic carbocycles. The third-order valence-electron chi connectivity index (χ3n) is 9.74. The van der Waals surface area contributed by atoms with Gasteiger partial charge in [-0.3, -0.25) is 14.8 Å². The molecule has 1 aliphatic rings.